The van der Waals surface area contributed by atoms with Gasteiger partial charge in [0.1, 0.15) is 5.75 Å². The number of ether oxygens (including phenoxy) is 3. The van der Waals surface area contributed by atoms with E-state index < -0.39 is 0 Å². The number of methoxy groups -OCH3 is 3. The summed E-state index contributed by atoms with van der Waals surface area (Å²) in [7, 11) is 4.60. The van der Waals surface area contributed by atoms with Crippen molar-refractivity contribution in [1.82, 2.24) is 4.98 Å². The summed E-state index contributed by atoms with van der Waals surface area (Å²) in [6, 6.07) is 13.3. The number of carbonyl (C=O) groups excluding carboxylic acids is 1. The molecular formula is C19H17NO4. The fraction of sp³-hybridized carbons (Fsp3) is 0.158. The molecule has 0 unspecified atom stereocenters. The molecule has 0 N–H and O–H groups in total. The third-order valence-corrected chi connectivity index (χ3v) is 3.88. The van der Waals surface area contributed by atoms with Crippen LogP contribution in [0.4, 0.5) is 0 Å². The summed E-state index contributed by atoms with van der Waals surface area (Å²) in [5, 5.41) is 1.98. The minimum atomic E-state index is 0.311. The van der Waals surface area contributed by atoms with E-state index in [0.717, 1.165) is 22.6 Å². The van der Waals surface area contributed by atoms with Gasteiger partial charge < -0.3 is 14.2 Å². The molecule has 0 radical (unpaired) electrons. The molecule has 24 heavy (non-hydrogen) atoms. The van der Waals surface area contributed by atoms with Crippen LogP contribution in [0.1, 0.15) is 10.4 Å². The van der Waals surface area contributed by atoms with Gasteiger partial charge in [-0.3, -0.25) is 4.79 Å². The zero-order valence-electron chi connectivity index (χ0n) is 13.7. The van der Waals surface area contributed by atoms with Gasteiger partial charge in [0.15, 0.2) is 6.29 Å². The molecule has 0 spiro atoms. The van der Waals surface area contributed by atoms with Crippen molar-refractivity contribution in [3.8, 4) is 28.6 Å². The number of fused-ring (bicyclic) bond motifs is 1. The van der Waals surface area contributed by atoms with Crippen LogP contribution < -0.4 is 14.2 Å². The lowest BCUT2D eigenvalue weighted by Crippen LogP contribution is -2.01. The van der Waals surface area contributed by atoms with Gasteiger partial charge in [-0.15, -0.1) is 0 Å². The van der Waals surface area contributed by atoms with Gasteiger partial charge in [0.05, 0.1) is 26.9 Å². The maximum Gasteiger partial charge on any atom is 0.225 e. The van der Waals surface area contributed by atoms with E-state index in [1.165, 1.54) is 14.2 Å². The quantitative estimate of drug-likeness (QED) is 0.669. The Morgan fingerprint density at radius 3 is 2.38 bits per heavy atom. The lowest BCUT2D eigenvalue weighted by molar-refractivity contribution is 0.112. The number of nitrogens with zero attached hydrogens (tertiary/aromatic N) is 1. The third kappa shape index (κ3) is 2.54. The molecule has 1 heterocycles. The molecule has 0 saturated heterocycles. The molecule has 5 heteroatoms. The second-order valence-corrected chi connectivity index (χ2v) is 5.12. The van der Waals surface area contributed by atoms with Gasteiger partial charge in [-0.25, -0.2) is 0 Å². The first kappa shape index (κ1) is 15.8. The highest BCUT2D eigenvalue weighted by Gasteiger charge is 2.21. The molecule has 0 aliphatic heterocycles. The average Bonchev–Trinajstić information content (AvgIpc) is 2.65. The number of aromatic nitrogens is 1. The summed E-state index contributed by atoms with van der Waals surface area (Å²) >= 11 is 0. The van der Waals surface area contributed by atoms with Gasteiger partial charge in [0.25, 0.3) is 0 Å². The SMILES string of the molecule is COc1cc(C=O)c(-c2c(OC)ccc3ccccc23)c(OC)n1. The summed E-state index contributed by atoms with van der Waals surface area (Å²) < 4.78 is 16.1. The van der Waals surface area contributed by atoms with E-state index in [1.807, 2.05) is 36.4 Å². The Labute approximate surface area is 139 Å². The topological polar surface area (TPSA) is 57.7 Å². The molecule has 3 rings (SSSR count). The predicted molar refractivity (Wildman–Crippen MR) is 92.2 cm³/mol. The second kappa shape index (κ2) is 6.58. The van der Waals surface area contributed by atoms with Gasteiger partial charge in [-0.1, -0.05) is 30.3 Å². The van der Waals surface area contributed by atoms with Crippen LogP contribution in [0.15, 0.2) is 42.5 Å². The zero-order valence-corrected chi connectivity index (χ0v) is 13.7. The number of benzene rings is 2. The fourth-order valence-corrected chi connectivity index (χ4v) is 2.79. The van der Waals surface area contributed by atoms with E-state index in [2.05, 4.69) is 4.98 Å². The highest BCUT2D eigenvalue weighted by Crippen LogP contribution is 2.43. The van der Waals surface area contributed by atoms with Gasteiger partial charge in [-0.05, 0) is 16.8 Å². The van der Waals surface area contributed by atoms with Crippen molar-refractivity contribution in [2.45, 2.75) is 0 Å². The number of carbonyl (C=O) groups is 1. The van der Waals surface area contributed by atoms with Crippen LogP contribution in [0, 0.1) is 0 Å². The third-order valence-electron chi connectivity index (χ3n) is 3.88. The van der Waals surface area contributed by atoms with Crippen LogP contribution in [0.2, 0.25) is 0 Å². The van der Waals surface area contributed by atoms with Crippen molar-refractivity contribution in [2.24, 2.45) is 0 Å². The molecule has 0 aliphatic rings. The van der Waals surface area contributed by atoms with E-state index in [-0.39, 0.29) is 0 Å². The van der Waals surface area contributed by atoms with Crippen LogP contribution in [0.3, 0.4) is 0 Å². The summed E-state index contributed by atoms with van der Waals surface area (Å²) in [5.41, 5.74) is 1.78. The van der Waals surface area contributed by atoms with E-state index in [9.17, 15) is 4.79 Å². The Bertz CT molecular complexity index is 905. The number of hydrogen-bond acceptors (Lipinski definition) is 5. The first-order valence-electron chi connectivity index (χ1n) is 7.37. The van der Waals surface area contributed by atoms with Crippen LogP contribution in [-0.2, 0) is 0 Å². The Morgan fingerprint density at radius 2 is 1.71 bits per heavy atom. The van der Waals surface area contributed by atoms with Crippen molar-refractivity contribution in [3.05, 3.63) is 48.0 Å². The standard InChI is InChI=1S/C19H17NO4/c1-22-15-9-8-12-6-4-5-7-14(12)18(15)17-13(11-21)10-16(23-2)20-19(17)24-3/h4-11H,1-3H3. The average molecular weight is 323 g/mol. The molecule has 122 valence electrons. The van der Waals surface area contributed by atoms with Gasteiger partial charge in [0.2, 0.25) is 11.8 Å². The lowest BCUT2D eigenvalue weighted by Gasteiger charge is -2.17. The Hall–Kier alpha value is -3.08. The summed E-state index contributed by atoms with van der Waals surface area (Å²) in [4.78, 5) is 16.0. The van der Waals surface area contributed by atoms with Crippen molar-refractivity contribution in [1.29, 1.82) is 0 Å². The first-order chi connectivity index (χ1) is 11.7. The van der Waals surface area contributed by atoms with Crippen molar-refractivity contribution in [3.63, 3.8) is 0 Å². The lowest BCUT2D eigenvalue weighted by atomic mass is 9.95. The maximum atomic E-state index is 11.7. The van der Waals surface area contributed by atoms with Crippen molar-refractivity contribution >= 4 is 17.1 Å². The molecule has 3 aromatic rings. The van der Waals surface area contributed by atoms with Crippen LogP contribution in [-0.4, -0.2) is 32.6 Å². The molecule has 0 fully saturated rings. The zero-order chi connectivity index (χ0) is 17.1. The molecular weight excluding hydrogens is 306 g/mol. The molecule has 0 aliphatic carbocycles. The van der Waals surface area contributed by atoms with Crippen LogP contribution in [0.25, 0.3) is 21.9 Å². The minimum Gasteiger partial charge on any atom is -0.496 e. The Kier molecular flexibility index (Phi) is 4.33. The molecule has 0 atom stereocenters. The van der Waals surface area contributed by atoms with E-state index in [4.69, 9.17) is 14.2 Å². The molecule has 2 aromatic carbocycles. The van der Waals surface area contributed by atoms with Crippen LogP contribution in [0.5, 0.6) is 17.5 Å². The largest absolute Gasteiger partial charge is 0.496 e. The maximum absolute atomic E-state index is 11.7. The highest BCUT2D eigenvalue weighted by atomic mass is 16.5. The number of aldehydes is 1. The number of pyridine rings is 1. The Morgan fingerprint density at radius 1 is 0.917 bits per heavy atom. The molecule has 0 saturated carbocycles. The van der Waals surface area contributed by atoms with Crippen molar-refractivity contribution < 1.29 is 19.0 Å². The van der Waals surface area contributed by atoms with Gasteiger partial charge in [0, 0.05) is 17.2 Å². The van der Waals surface area contributed by atoms with E-state index in [0.29, 0.717) is 28.6 Å². The monoisotopic (exact) mass is 323 g/mol. The van der Waals surface area contributed by atoms with Gasteiger partial charge in [-0.2, -0.15) is 4.98 Å². The van der Waals surface area contributed by atoms with Crippen molar-refractivity contribution in [2.75, 3.05) is 21.3 Å². The smallest absolute Gasteiger partial charge is 0.225 e. The number of hydrogen-bond donors (Lipinski definition) is 0. The predicted octanol–water partition coefficient (Wildman–Crippen LogP) is 3.74. The highest BCUT2D eigenvalue weighted by molar-refractivity contribution is 6.05. The second-order valence-electron chi connectivity index (χ2n) is 5.12. The van der Waals surface area contributed by atoms with Crippen LogP contribution >= 0.6 is 0 Å². The van der Waals surface area contributed by atoms with E-state index >= 15 is 0 Å². The fourth-order valence-electron chi connectivity index (χ4n) is 2.79. The summed E-state index contributed by atoms with van der Waals surface area (Å²) in [6.07, 6.45) is 0.767. The Balaban J connectivity index is 2.45. The number of rotatable bonds is 5. The molecule has 0 amide bonds. The molecule has 0 bridgehead atoms. The minimum absolute atomic E-state index is 0.311. The summed E-state index contributed by atoms with van der Waals surface area (Å²) in [5.74, 6) is 1.27. The molecule has 5 nitrogen and oxygen atoms in total. The normalized spacial score (nSPS) is 10.5. The summed E-state index contributed by atoms with van der Waals surface area (Å²) in [6.45, 7) is 0. The first-order valence-corrected chi connectivity index (χ1v) is 7.37. The van der Waals surface area contributed by atoms with E-state index in [1.54, 1.807) is 13.2 Å². The van der Waals surface area contributed by atoms with Gasteiger partial charge >= 0.3 is 0 Å². The molecule has 1 aromatic heterocycles.